The normalized spacial score (nSPS) is 10.8. The molecular formula is C40H51N7O5. The Hall–Kier alpha value is -5.49. The zero-order chi connectivity index (χ0) is 37.6. The number of likely N-dealkylation sites (N-methyl/N-ethyl adjacent to an activating group) is 2. The van der Waals surface area contributed by atoms with Crippen molar-refractivity contribution in [3.8, 4) is 11.5 Å². The van der Waals surface area contributed by atoms with Gasteiger partial charge in [-0.25, -0.2) is 14.7 Å². The van der Waals surface area contributed by atoms with Crippen LogP contribution in [0.15, 0.2) is 72.9 Å². The second-order valence-corrected chi connectivity index (χ2v) is 12.5. The number of unbranched alkanes of at least 4 members (excludes halogenated alkanes) is 1. The number of anilines is 4. The predicted octanol–water partition coefficient (Wildman–Crippen LogP) is 7.06. The highest BCUT2D eigenvalue weighted by Gasteiger charge is 2.27. The van der Waals surface area contributed by atoms with E-state index < -0.39 is 6.09 Å². The van der Waals surface area contributed by atoms with Crippen molar-refractivity contribution in [3.05, 3.63) is 95.2 Å². The number of nitrogens with zero attached hydrogens (tertiary/aromatic N) is 5. The number of methoxy groups -OCH3 is 1. The first kappa shape index (κ1) is 39.3. The van der Waals surface area contributed by atoms with Gasteiger partial charge in [-0.05, 0) is 86.4 Å². The SMILES string of the molecule is CCCCNC(=O)Cc1ccc(N(C(=O)Oc2c(C)cccc2C)c2ccnc(Nc3ccc(C(=O)N(C)CCN(CC)CC)cc3)n2)c(OC)c1. The Morgan fingerprint density at radius 2 is 1.60 bits per heavy atom. The Kier molecular flexibility index (Phi) is 14.5. The molecule has 3 amide bonds. The monoisotopic (exact) mass is 709 g/mol. The quantitative estimate of drug-likeness (QED) is 0.111. The molecular weight excluding hydrogens is 658 g/mol. The number of rotatable bonds is 17. The molecule has 276 valence electrons. The second kappa shape index (κ2) is 19.2. The van der Waals surface area contributed by atoms with Gasteiger partial charge in [-0.3, -0.25) is 9.59 Å². The molecule has 0 radical (unpaired) electrons. The van der Waals surface area contributed by atoms with E-state index in [1.165, 1.54) is 18.2 Å². The summed E-state index contributed by atoms with van der Waals surface area (Å²) in [6.07, 6.45) is 2.87. The molecule has 0 bridgehead atoms. The highest BCUT2D eigenvalue weighted by molar-refractivity contribution is 5.98. The number of ether oxygens (including phenoxy) is 2. The van der Waals surface area contributed by atoms with E-state index in [4.69, 9.17) is 9.47 Å². The van der Waals surface area contributed by atoms with Crippen molar-refractivity contribution in [1.29, 1.82) is 0 Å². The highest BCUT2D eigenvalue weighted by Crippen LogP contribution is 2.36. The van der Waals surface area contributed by atoms with Gasteiger partial charge in [-0.2, -0.15) is 4.98 Å². The molecule has 0 saturated carbocycles. The minimum atomic E-state index is -0.710. The Balaban J connectivity index is 1.61. The maximum atomic E-state index is 14.1. The van der Waals surface area contributed by atoms with Crippen molar-refractivity contribution in [1.82, 2.24) is 25.1 Å². The Bertz CT molecular complexity index is 1790. The smallest absolute Gasteiger partial charge is 0.425 e. The zero-order valence-electron chi connectivity index (χ0n) is 31.4. The van der Waals surface area contributed by atoms with Crippen molar-refractivity contribution in [3.63, 3.8) is 0 Å². The minimum Gasteiger partial charge on any atom is -0.495 e. The van der Waals surface area contributed by atoms with Crippen LogP contribution in [0.5, 0.6) is 11.5 Å². The molecule has 1 aromatic heterocycles. The van der Waals surface area contributed by atoms with Gasteiger partial charge in [0.05, 0.1) is 19.2 Å². The number of carbonyl (C=O) groups is 3. The van der Waals surface area contributed by atoms with Crippen molar-refractivity contribution >= 4 is 41.0 Å². The number of nitrogens with one attached hydrogen (secondary N) is 2. The van der Waals surface area contributed by atoms with Gasteiger partial charge in [-0.15, -0.1) is 0 Å². The topological polar surface area (TPSA) is 129 Å². The molecule has 0 atom stereocenters. The van der Waals surface area contributed by atoms with E-state index in [1.807, 2.05) is 39.1 Å². The summed E-state index contributed by atoms with van der Waals surface area (Å²) in [5, 5.41) is 6.11. The average Bonchev–Trinajstić information content (AvgIpc) is 3.14. The molecule has 12 nitrogen and oxygen atoms in total. The van der Waals surface area contributed by atoms with E-state index in [0.29, 0.717) is 41.5 Å². The molecule has 12 heteroatoms. The lowest BCUT2D eigenvalue weighted by molar-refractivity contribution is -0.120. The molecule has 0 fully saturated rings. The van der Waals surface area contributed by atoms with Crippen LogP contribution in [-0.2, 0) is 11.2 Å². The molecule has 52 heavy (non-hydrogen) atoms. The molecule has 0 saturated heterocycles. The number of benzene rings is 3. The predicted molar refractivity (Wildman–Crippen MR) is 205 cm³/mol. The summed E-state index contributed by atoms with van der Waals surface area (Å²) in [5.74, 6) is 1.08. The molecule has 1 heterocycles. The first-order chi connectivity index (χ1) is 25.1. The molecule has 4 aromatic rings. The molecule has 0 spiro atoms. The largest absolute Gasteiger partial charge is 0.495 e. The average molecular weight is 710 g/mol. The first-order valence-electron chi connectivity index (χ1n) is 17.8. The van der Waals surface area contributed by atoms with Gasteiger partial charge < -0.3 is 29.9 Å². The lowest BCUT2D eigenvalue weighted by atomic mass is 10.1. The third kappa shape index (κ3) is 10.5. The standard InChI is InChI=1S/C40H51N7O5/c1-8-11-22-41-36(48)27-30-15-20-33(34(26-30)51-7)47(40(50)52-37-28(4)13-12-14-29(37)5)35-21-23-42-39(44-35)43-32-18-16-31(17-19-32)38(49)45(6)24-25-46(9-2)10-3/h12-21,23,26H,8-11,22,24-25,27H2,1-7H3,(H,41,48)(H,42,43,44). The third-order valence-corrected chi connectivity index (χ3v) is 8.73. The number of amides is 3. The summed E-state index contributed by atoms with van der Waals surface area (Å²) in [4.78, 5) is 54.1. The van der Waals surface area contributed by atoms with Gasteiger partial charge in [0, 0.05) is 50.2 Å². The van der Waals surface area contributed by atoms with Crippen LogP contribution in [0, 0.1) is 13.8 Å². The fourth-order valence-electron chi connectivity index (χ4n) is 5.59. The Morgan fingerprint density at radius 3 is 2.25 bits per heavy atom. The van der Waals surface area contributed by atoms with E-state index in [0.717, 1.165) is 49.2 Å². The number of hydrogen-bond acceptors (Lipinski definition) is 9. The van der Waals surface area contributed by atoms with Crippen molar-refractivity contribution in [2.24, 2.45) is 0 Å². The van der Waals surface area contributed by atoms with Gasteiger partial charge in [0.2, 0.25) is 11.9 Å². The van der Waals surface area contributed by atoms with E-state index in [-0.39, 0.29) is 30.0 Å². The minimum absolute atomic E-state index is 0.0629. The van der Waals surface area contributed by atoms with Crippen molar-refractivity contribution in [2.45, 2.75) is 53.9 Å². The van der Waals surface area contributed by atoms with Gasteiger partial charge in [0.25, 0.3) is 5.91 Å². The maximum Gasteiger partial charge on any atom is 0.425 e. The van der Waals surface area contributed by atoms with Crippen LogP contribution in [0.2, 0.25) is 0 Å². The first-order valence-corrected chi connectivity index (χ1v) is 17.8. The second-order valence-electron chi connectivity index (χ2n) is 12.5. The molecule has 4 rings (SSSR count). The zero-order valence-corrected chi connectivity index (χ0v) is 31.4. The van der Waals surface area contributed by atoms with Crippen molar-refractivity contribution in [2.75, 3.05) is 57.1 Å². The van der Waals surface area contributed by atoms with Crippen LogP contribution < -0.4 is 25.0 Å². The lowest BCUT2D eigenvalue weighted by Crippen LogP contribution is -2.36. The Labute approximate surface area is 307 Å². The van der Waals surface area contributed by atoms with Crippen LogP contribution in [0.1, 0.15) is 60.7 Å². The summed E-state index contributed by atoms with van der Waals surface area (Å²) in [5.41, 5.74) is 3.91. The van der Waals surface area contributed by atoms with Gasteiger partial charge in [-0.1, -0.05) is 51.5 Å². The van der Waals surface area contributed by atoms with Gasteiger partial charge in [0.15, 0.2) is 0 Å². The van der Waals surface area contributed by atoms with Crippen LogP contribution in [-0.4, -0.2) is 84.6 Å². The van der Waals surface area contributed by atoms with E-state index in [1.54, 1.807) is 53.4 Å². The summed E-state index contributed by atoms with van der Waals surface area (Å²) >= 11 is 0. The fraction of sp³-hybridized carbons (Fsp3) is 0.375. The van der Waals surface area contributed by atoms with Crippen LogP contribution in [0.4, 0.5) is 27.9 Å². The summed E-state index contributed by atoms with van der Waals surface area (Å²) in [7, 11) is 3.31. The van der Waals surface area contributed by atoms with E-state index in [9.17, 15) is 14.4 Å². The van der Waals surface area contributed by atoms with Gasteiger partial charge in [0.1, 0.15) is 17.3 Å². The highest BCUT2D eigenvalue weighted by atomic mass is 16.6. The molecule has 0 aliphatic heterocycles. The number of carbonyl (C=O) groups excluding carboxylic acids is 3. The van der Waals surface area contributed by atoms with Crippen LogP contribution in [0.3, 0.4) is 0 Å². The van der Waals surface area contributed by atoms with E-state index in [2.05, 4.69) is 46.3 Å². The lowest BCUT2D eigenvalue weighted by Gasteiger charge is -2.24. The molecule has 0 aliphatic carbocycles. The van der Waals surface area contributed by atoms with Gasteiger partial charge >= 0.3 is 6.09 Å². The van der Waals surface area contributed by atoms with Crippen LogP contribution in [0.25, 0.3) is 0 Å². The summed E-state index contributed by atoms with van der Waals surface area (Å²) in [6, 6.07) is 19.6. The number of para-hydroxylation sites is 1. The van der Waals surface area contributed by atoms with Crippen molar-refractivity contribution < 1.29 is 23.9 Å². The number of aromatic nitrogens is 2. The molecule has 3 aromatic carbocycles. The number of hydrogen-bond donors (Lipinski definition) is 2. The third-order valence-electron chi connectivity index (χ3n) is 8.73. The molecule has 0 aliphatic rings. The summed E-state index contributed by atoms with van der Waals surface area (Å²) in [6.45, 7) is 14.0. The molecule has 0 unspecified atom stereocenters. The fourth-order valence-corrected chi connectivity index (χ4v) is 5.59. The molecule has 2 N–H and O–H groups in total. The van der Waals surface area contributed by atoms with Crippen LogP contribution >= 0.6 is 0 Å². The maximum absolute atomic E-state index is 14.1. The van der Waals surface area contributed by atoms with E-state index >= 15 is 0 Å². The summed E-state index contributed by atoms with van der Waals surface area (Å²) < 4.78 is 11.8. The number of aryl methyl sites for hydroxylation is 2. The Morgan fingerprint density at radius 1 is 0.885 bits per heavy atom.